The van der Waals surface area contributed by atoms with Crippen LogP contribution < -0.4 is 15.8 Å². The molecular weight excluding hydrogens is 221 g/mol. The van der Waals surface area contributed by atoms with E-state index < -0.39 is 18.8 Å². The number of hydrogen-bond acceptors (Lipinski definition) is 3. The normalized spacial score (nSPS) is 10.6. The molecule has 0 aromatic heterocycles. The molecule has 3 N–H and O–H groups in total. The second-order valence-electron chi connectivity index (χ2n) is 3.07. The fourth-order valence-electron chi connectivity index (χ4n) is 1.18. The summed E-state index contributed by atoms with van der Waals surface area (Å²) in [4.78, 5) is 0. The molecule has 16 heavy (non-hydrogen) atoms. The molecule has 0 saturated carbocycles. The van der Waals surface area contributed by atoms with Gasteiger partial charge in [0, 0.05) is 12.1 Å². The Bertz CT molecular complexity index is 358. The lowest BCUT2D eigenvalue weighted by atomic mass is 10.2. The second-order valence-corrected chi connectivity index (χ2v) is 3.07. The summed E-state index contributed by atoms with van der Waals surface area (Å²) < 4.78 is 42.2. The summed E-state index contributed by atoms with van der Waals surface area (Å²) in [5, 5.41) is 2.42. The Morgan fingerprint density at radius 1 is 1.44 bits per heavy atom. The maximum Gasteiger partial charge on any atom is 0.255 e. The van der Waals surface area contributed by atoms with Gasteiger partial charge in [-0.25, -0.2) is 13.2 Å². The van der Waals surface area contributed by atoms with Gasteiger partial charge in [0.05, 0.1) is 24.5 Å². The van der Waals surface area contributed by atoms with Gasteiger partial charge in [0.1, 0.15) is 0 Å². The van der Waals surface area contributed by atoms with Gasteiger partial charge in [0.15, 0.2) is 11.6 Å². The summed E-state index contributed by atoms with van der Waals surface area (Å²) in [6.45, 7) is 1.44. The molecular formula is C10H13F3N2O. The lowest BCUT2D eigenvalue weighted by Gasteiger charge is -2.12. The van der Waals surface area contributed by atoms with Crippen LogP contribution >= 0.6 is 0 Å². The number of nitrogens with one attached hydrogen (secondary N) is 1. The molecule has 0 aliphatic rings. The number of hydrogen-bond donors (Lipinski definition) is 2. The largest absolute Gasteiger partial charge is 0.491 e. The summed E-state index contributed by atoms with van der Waals surface area (Å²) >= 11 is 0. The topological polar surface area (TPSA) is 47.3 Å². The Morgan fingerprint density at radius 3 is 2.69 bits per heavy atom. The predicted octanol–water partition coefficient (Wildman–Crippen LogP) is 2.48. The van der Waals surface area contributed by atoms with Crippen molar-refractivity contribution in [3.05, 3.63) is 17.9 Å². The van der Waals surface area contributed by atoms with Crippen LogP contribution in [0.3, 0.4) is 0 Å². The van der Waals surface area contributed by atoms with Gasteiger partial charge in [-0.2, -0.15) is 0 Å². The summed E-state index contributed by atoms with van der Waals surface area (Å²) in [7, 11) is 0. The van der Waals surface area contributed by atoms with Crippen molar-refractivity contribution in [3.8, 4) is 5.75 Å². The quantitative estimate of drug-likeness (QED) is 0.769. The fourth-order valence-corrected chi connectivity index (χ4v) is 1.18. The van der Waals surface area contributed by atoms with E-state index in [4.69, 9.17) is 10.5 Å². The van der Waals surface area contributed by atoms with Crippen molar-refractivity contribution in [2.75, 3.05) is 24.2 Å². The van der Waals surface area contributed by atoms with Gasteiger partial charge in [0.2, 0.25) is 0 Å². The minimum absolute atomic E-state index is 0.00605. The first-order chi connectivity index (χ1) is 7.54. The molecule has 1 aromatic rings. The third kappa shape index (κ3) is 3.22. The third-order valence-corrected chi connectivity index (χ3v) is 1.85. The number of rotatable bonds is 5. The van der Waals surface area contributed by atoms with Crippen LogP contribution in [0, 0.1) is 5.82 Å². The molecule has 0 aliphatic carbocycles. The number of anilines is 2. The van der Waals surface area contributed by atoms with Crippen LogP contribution in [0.2, 0.25) is 0 Å². The van der Waals surface area contributed by atoms with E-state index >= 15 is 0 Å². The zero-order valence-electron chi connectivity index (χ0n) is 8.77. The van der Waals surface area contributed by atoms with Gasteiger partial charge in [-0.1, -0.05) is 0 Å². The molecule has 0 radical (unpaired) electrons. The van der Waals surface area contributed by atoms with Crippen molar-refractivity contribution in [3.63, 3.8) is 0 Å². The molecule has 0 saturated heterocycles. The van der Waals surface area contributed by atoms with Crippen molar-refractivity contribution >= 4 is 11.4 Å². The van der Waals surface area contributed by atoms with E-state index in [1.807, 2.05) is 0 Å². The van der Waals surface area contributed by atoms with Crippen molar-refractivity contribution in [2.45, 2.75) is 13.3 Å². The van der Waals surface area contributed by atoms with E-state index in [2.05, 4.69) is 5.32 Å². The smallest absolute Gasteiger partial charge is 0.255 e. The maximum absolute atomic E-state index is 13.2. The number of ether oxygens (including phenoxy) is 1. The van der Waals surface area contributed by atoms with E-state index in [0.29, 0.717) is 0 Å². The molecule has 0 amide bonds. The molecule has 0 bridgehead atoms. The third-order valence-electron chi connectivity index (χ3n) is 1.85. The summed E-state index contributed by atoms with van der Waals surface area (Å²) in [5.74, 6) is -0.615. The van der Waals surface area contributed by atoms with Gasteiger partial charge in [-0.15, -0.1) is 0 Å². The number of nitrogen functional groups attached to an aromatic ring is 1. The monoisotopic (exact) mass is 234 g/mol. The molecule has 1 aromatic carbocycles. The van der Waals surface area contributed by atoms with Crippen LogP contribution in [0.4, 0.5) is 24.5 Å². The molecule has 0 aliphatic heterocycles. The molecule has 0 unspecified atom stereocenters. The van der Waals surface area contributed by atoms with Crippen molar-refractivity contribution in [1.82, 2.24) is 0 Å². The van der Waals surface area contributed by atoms with Gasteiger partial charge >= 0.3 is 0 Å². The Kier molecular flexibility index (Phi) is 4.28. The molecule has 0 heterocycles. The van der Waals surface area contributed by atoms with Gasteiger partial charge < -0.3 is 15.8 Å². The minimum atomic E-state index is -2.50. The highest BCUT2D eigenvalue weighted by Gasteiger charge is 2.10. The number of benzene rings is 1. The van der Waals surface area contributed by atoms with Crippen LogP contribution in [0.5, 0.6) is 5.75 Å². The molecule has 0 fully saturated rings. The number of halogens is 3. The van der Waals surface area contributed by atoms with E-state index in [-0.39, 0.29) is 23.7 Å². The van der Waals surface area contributed by atoms with Crippen LogP contribution in [-0.4, -0.2) is 19.6 Å². The standard InChI is InChI=1S/C10H13F3N2O/c1-2-16-9-4-8(15-5-10(12)13)7(14)3-6(9)11/h3-4,10,15H,2,5,14H2,1H3. The zero-order chi connectivity index (χ0) is 12.1. The van der Waals surface area contributed by atoms with Gasteiger partial charge in [-0.05, 0) is 6.92 Å². The highest BCUT2D eigenvalue weighted by Crippen LogP contribution is 2.28. The molecule has 3 nitrogen and oxygen atoms in total. The molecule has 6 heteroatoms. The lowest BCUT2D eigenvalue weighted by Crippen LogP contribution is -2.12. The minimum Gasteiger partial charge on any atom is -0.491 e. The van der Waals surface area contributed by atoms with Crippen molar-refractivity contribution < 1.29 is 17.9 Å². The first-order valence-corrected chi connectivity index (χ1v) is 4.78. The average molecular weight is 234 g/mol. The fraction of sp³-hybridized carbons (Fsp3) is 0.400. The predicted molar refractivity (Wildman–Crippen MR) is 56.5 cm³/mol. The lowest BCUT2D eigenvalue weighted by molar-refractivity contribution is 0.163. The van der Waals surface area contributed by atoms with Gasteiger partial charge in [0.25, 0.3) is 6.43 Å². The SMILES string of the molecule is CCOc1cc(NCC(F)F)c(N)cc1F. The first-order valence-electron chi connectivity index (χ1n) is 4.78. The molecule has 1 rings (SSSR count). The van der Waals surface area contributed by atoms with Crippen molar-refractivity contribution in [2.24, 2.45) is 0 Å². The van der Waals surface area contributed by atoms with Crippen LogP contribution in [0.15, 0.2) is 12.1 Å². The van der Waals surface area contributed by atoms with E-state index in [1.54, 1.807) is 6.92 Å². The Labute approximate surface area is 91.4 Å². The summed E-state index contributed by atoms with van der Waals surface area (Å²) in [5.41, 5.74) is 5.78. The van der Waals surface area contributed by atoms with Crippen LogP contribution in [-0.2, 0) is 0 Å². The molecule has 0 atom stereocenters. The van der Waals surface area contributed by atoms with E-state index in [0.717, 1.165) is 6.07 Å². The van der Waals surface area contributed by atoms with E-state index in [9.17, 15) is 13.2 Å². The van der Waals surface area contributed by atoms with Crippen molar-refractivity contribution in [1.29, 1.82) is 0 Å². The Morgan fingerprint density at radius 2 is 2.12 bits per heavy atom. The Hall–Kier alpha value is -1.59. The highest BCUT2D eigenvalue weighted by molar-refractivity contribution is 5.68. The highest BCUT2D eigenvalue weighted by atomic mass is 19.3. The van der Waals surface area contributed by atoms with Crippen LogP contribution in [0.25, 0.3) is 0 Å². The maximum atomic E-state index is 13.2. The number of nitrogens with two attached hydrogens (primary N) is 1. The Balaban J connectivity index is 2.86. The second kappa shape index (κ2) is 5.48. The zero-order valence-corrected chi connectivity index (χ0v) is 8.77. The number of alkyl halides is 2. The first kappa shape index (κ1) is 12.5. The van der Waals surface area contributed by atoms with E-state index in [1.165, 1.54) is 6.07 Å². The summed E-state index contributed by atoms with van der Waals surface area (Å²) in [6.07, 6.45) is -2.50. The molecule has 0 spiro atoms. The van der Waals surface area contributed by atoms with Crippen LogP contribution in [0.1, 0.15) is 6.92 Å². The average Bonchev–Trinajstić information content (AvgIpc) is 2.20. The van der Waals surface area contributed by atoms with Gasteiger partial charge in [-0.3, -0.25) is 0 Å². The summed E-state index contributed by atoms with van der Waals surface area (Å²) in [6, 6.07) is 2.31. The molecule has 90 valence electrons.